The lowest BCUT2D eigenvalue weighted by atomic mass is 10.2. The molecule has 9 heteroatoms. The standard InChI is InChI=1S/C21H18Cl2N2O4S/c1-2-29-20-11-10-16(30(27,28)25-18-9-4-3-8-17(18)23)13-19(20)24-21(26)14-6-5-7-15(22)12-14/h3-13,25H,2H2,1H3,(H,24,26). The monoisotopic (exact) mass is 464 g/mol. The quantitative estimate of drug-likeness (QED) is 0.486. The molecule has 0 radical (unpaired) electrons. The van der Waals surface area contributed by atoms with Gasteiger partial charge in [0.05, 0.1) is 27.9 Å². The topological polar surface area (TPSA) is 84.5 Å². The third-order valence-electron chi connectivity index (χ3n) is 4.01. The van der Waals surface area contributed by atoms with E-state index < -0.39 is 15.9 Å². The fraction of sp³-hybridized carbons (Fsp3) is 0.0952. The van der Waals surface area contributed by atoms with Crippen LogP contribution >= 0.6 is 23.2 Å². The molecule has 0 aliphatic carbocycles. The summed E-state index contributed by atoms with van der Waals surface area (Å²) in [5.41, 5.74) is 0.786. The second-order valence-corrected chi connectivity index (χ2v) is 8.67. The van der Waals surface area contributed by atoms with Gasteiger partial charge in [-0.3, -0.25) is 9.52 Å². The Morgan fingerprint density at radius 1 is 0.967 bits per heavy atom. The number of carbonyl (C=O) groups is 1. The maximum atomic E-state index is 12.8. The first-order valence-corrected chi connectivity index (χ1v) is 11.1. The zero-order valence-corrected chi connectivity index (χ0v) is 18.2. The van der Waals surface area contributed by atoms with E-state index in [4.69, 9.17) is 27.9 Å². The SMILES string of the molecule is CCOc1ccc(S(=O)(=O)Nc2ccccc2Cl)cc1NC(=O)c1cccc(Cl)c1. The van der Waals surface area contributed by atoms with Crippen LogP contribution in [0.15, 0.2) is 71.6 Å². The minimum atomic E-state index is -3.96. The summed E-state index contributed by atoms with van der Waals surface area (Å²) in [7, 11) is -3.96. The summed E-state index contributed by atoms with van der Waals surface area (Å²) in [6.07, 6.45) is 0. The van der Waals surface area contributed by atoms with Gasteiger partial charge in [0, 0.05) is 10.6 Å². The lowest BCUT2D eigenvalue weighted by Gasteiger charge is -2.15. The third kappa shape index (κ3) is 5.24. The van der Waals surface area contributed by atoms with Crippen molar-refractivity contribution in [2.45, 2.75) is 11.8 Å². The van der Waals surface area contributed by atoms with Gasteiger partial charge in [0.2, 0.25) is 0 Å². The van der Waals surface area contributed by atoms with E-state index in [9.17, 15) is 13.2 Å². The van der Waals surface area contributed by atoms with Crippen LogP contribution in [0, 0.1) is 0 Å². The van der Waals surface area contributed by atoms with Crippen molar-refractivity contribution in [3.8, 4) is 5.75 Å². The van der Waals surface area contributed by atoms with Gasteiger partial charge in [-0.25, -0.2) is 8.42 Å². The van der Waals surface area contributed by atoms with Gasteiger partial charge in [0.1, 0.15) is 5.75 Å². The Kier molecular flexibility index (Phi) is 6.87. The van der Waals surface area contributed by atoms with Gasteiger partial charge in [-0.2, -0.15) is 0 Å². The predicted octanol–water partition coefficient (Wildman–Crippen LogP) is 5.45. The minimum absolute atomic E-state index is 0.0627. The van der Waals surface area contributed by atoms with Crippen molar-refractivity contribution >= 4 is 50.5 Å². The number of amides is 1. The van der Waals surface area contributed by atoms with Crippen LogP contribution in [0.2, 0.25) is 10.0 Å². The van der Waals surface area contributed by atoms with E-state index in [0.29, 0.717) is 22.9 Å². The van der Waals surface area contributed by atoms with Crippen LogP contribution in [-0.4, -0.2) is 20.9 Å². The Bertz CT molecular complexity index is 1180. The van der Waals surface area contributed by atoms with E-state index in [0.717, 1.165) is 0 Å². The molecular weight excluding hydrogens is 447 g/mol. The second kappa shape index (κ2) is 9.38. The van der Waals surface area contributed by atoms with Crippen molar-refractivity contribution in [1.82, 2.24) is 0 Å². The molecule has 0 atom stereocenters. The zero-order chi connectivity index (χ0) is 21.7. The summed E-state index contributed by atoms with van der Waals surface area (Å²) in [4.78, 5) is 12.5. The number of sulfonamides is 1. The molecular formula is C21H18Cl2N2O4S. The number of anilines is 2. The summed E-state index contributed by atoms with van der Waals surface area (Å²) >= 11 is 12.0. The van der Waals surface area contributed by atoms with Crippen molar-refractivity contribution < 1.29 is 17.9 Å². The largest absolute Gasteiger partial charge is 0.492 e. The van der Waals surface area contributed by atoms with E-state index in [1.807, 2.05) is 0 Å². The van der Waals surface area contributed by atoms with Crippen molar-refractivity contribution in [1.29, 1.82) is 0 Å². The van der Waals surface area contributed by atoms with Crippen LogP contribution in [0.5, 0.6) is 5.75 Å². The van der Waals surface area contributed by atoms with Gasteiger partial charge in [-0.15, -0.1) is 0 Å². The number of hydrogen-bond acceptors (Lipinski definition) is 4. The smallest absolute Gasteiger partial charge is 0.262 e. The van der Waals surface area contributed by atoms with Crippen LogP contribution < -0.4 is 14.8 Å². The molecule has 0 aliphatic heterocycles. The van der Waals surface area contributed by atoms with Crippen LogP contribution in [-0.2, 0) is 10.0 Å². The summed E-state index contributed by atoms with van der Waals surface area (Å²) in [6, 6.07) is 17.1. The molecule has 156 valence electrons. The Labute approximate surface area is 184 Å². The van der Waals surface area contributed by atoms with Gasteiger partial charge < -0.3 is 10.1 Å². The van der Waals surface area contributed by atoms with Crippen molar-refractivity contribution in [3.05, 3.63) is 82.3 Å². The van der Waals surface area contributed by atoms with Crippen LogP contribution in [0.3, 0.4) is 0 Å². The molecule has 0 fully saturated rings. The maximum Gasteiger partial charge on any atom is 0.262 e. The lowest BCUT2D eigenvalue weighted by molar-refractivity contribution is 0.102. The average Bonchev–Trinajstić information content (AvgIpc) is 2.71. The minimum Gasteiger partial charge on any atom is -0.492 e. The van der Waals surface area contributed by atoms with Gasteiger partial charge in [0.15, 0.2) is 0 Å². The Balaban J connectivity index is 1.94. The highest BCUT2D eigenvalue weighted by atomic mass is 35.5. The van der Waals surface area contributed by atoms with Gasteiger partial charge in [0.25, 0.3) is 15.9 Å². The molecule has 6 nitrogen and oxygen atoms in total. The number of para-hydroxylation sites is 1. The highest BCUT2D eigenvalue weighted by Gasteiger charge is 2.19. The molecule has 3 rings (SSSR count). The first kappa shape index (κ1) is 22.0. The fourth-order valence-electron chi connectivity index (χ4n) is 2.63. The van der Waals surface area contributed by atoms with E-state index in [-0.39, 0.29) is 21.3 Å². The number of halogens is 2. The van der Waals surface area contributed by atoms with Crippen molar-refractivity contribution in [3.63, 3.8) is 0 Å². The first-order valence-electron chi connectivity index (χ1n) is 8.91. The summed E-state index contributed by atoms with van der Waals surface area (Å²) in [5, 5.41) is 3.36. The molecule has 0 bridgehead atoms. The molecule has 0 heterocycles. The highest BCUT2D eigenvalue weighted by Crippen LogP contribution is 2.30. The van der Waals surface area contributed by atoms with E-state index >= 15 is 0 Å². The highest BCUT2D eigenvalue weighted by molar-refractivity contribution is 7.92. The zero-order valence-electron chi connectivity index (χ0n) is 15.9. The van der Waals surface area contributed by atoms with Crippen molar-refractivity contribution in [2.24, 2.45) is 0 Å². The Morgan fingerprint density at radius 2 is 1.73 bits per heavy atom. The summed E-state index contributed by atoms with van der Waals surface area (Å²) in [6.45, 7) is 2.12. The second-order valence-electron chi connectivity index (χ2n) is 6.14. The maximum absolute atomic E-state index is 12.8. The molecule has 0 aliphatic rings. The van der Waals surface area contributed by atoms with Crippen LogP contribution in [0.4, 0.5) is 11.4 Å². The molecule has 0 spiro atoms. The number of carbonyl (C=O) groups excluding carboxylic acids is 1. The predicted molar refractivity (Wildman–Crippen MR) is 119 cm³/mol. The van der Waals surface area contributed by atoms with E-state index in [2.05, 4.69) is 10.0 Å². The first-order chi connectivity index (χ1) is 14.3. The molecule has 3 aromatic carbocycles. The molecule has 0 saturated carbocycles. The van der Waals surface area contributed by atoms with Crippen LogP contribution in [0.25, 0.3) is 0 Å². The van der Waals surface area contributed by atoms with Crippen LogP contribution in [0.1, 0.15) is 17.3 Å². The van der Waals surface area contributed by atoms with Gasteiger partial charge in [-0.1, -0.05) is 41.4 Å². The van der Waals surface area contributed by atoms with E-state index in [1.54, 1.807) is 49.4 Å². The number of hydrogen-bond donors (Lipinski definition) is 2. The molecule has 1 amide bonds. The molecule has 3 aromatic rings. The lowest BCUT2D eigenvalue weighted by Crippen LogP contribution is -2.16. The molecule has 0 saturated heterocycles. The third-order valence-corrected chi connectivity index (χ3v) is 5.94. The van der Waals surface area contributed by atoms with Gasteiger partial charge >= 0.3 is 0 Å². The Hall–Kier alpha value is -2.74. The number of rotatable bonds is 7. The average molecular weight is 465 g/mol. The molecule has 0 unspecified atom stereocenters. The number of ether oxygens (including phenoxy) is 1. The normalized spacial score (nSPS) is 11.0. The molecule has 0 aromatic heterocycles. The molecule has 2 N–H and O–H groups in total. The number of nitrogens with one attached hydrogen (secondary N) is 2. The van der Waals surface area contributed by atoms with Gasteiger partial charge in [-0.05, 0) is 55.5 Å². The van der Waals surface area contributed by atoms with Crippen molar-refractivity contribution in [2.75, 3.05) is 16.6 Å². The van der Waals surface area contributed by atoms with E-state index in [1.165, 1.54) is 24.3 Å². The fourth-order valence-corrected chi connectivity index (χ4v) is 4.16. The summed E-state index contributed by atoms with van der Waals surface area (Å²) < 4.78 is 33.6. The Morgan fingerprint density at radius 3 is 2.43 bits per heavy atom. The number of benzene rings is 3. The summed E-state index contributed by atoms with van der Waals surface area (Å²) in [5.74, 6) is -0.114. The molecule has 30 heavy (non-hydrogen) atoms.